The van der Waals surface area contributed by atoms with Crippen LogP contribution in [0.25, 0.3) is 0 Å². The highest BCUT2D eigenvalue weighted by Gasteiger charge is 2.30. The number of rotatable bonds is 4. The molecule has 1 saturated carbocycles. The lowest BCUT2D eigenvalue weighted by molar-refractivity contribution is -0.125. The van der Waals surface area contributed by atoms with Crippen LogP contribution in [0.4, 0.5) is 11.4 Å². The molecule has 8 nitrogen and oxygen atoms in total. The van der Waals surface area contributed by atoms with Gasteiger partial charge >= 0.3 is 0 Å². The molecule has 2 aromatic carbocycles. The maximum Gasteiger partial charge on any atom is 0.231 e. The Bertz CT molecular complexity index is 904. The van der Waals surface area contributed by atoms with Crippen molar-refractivity contribution in [1.29, 1.82) is 0 Å². The average Bonchev–Trinajstić information content (AvgIpc) is 3.42. The molecule has 8 heteroatoms. The van der Waals surface area contributed by atoms with Crippen molar-refractivity contribution in [1.82, 2.24) is 0 Å². The van der Waals surface area contributed by atoms with E-state index in [0.717, 1.165) is 0 Å². The molecule has 0 radical (unpaired) electrons. The molecule has 3 aliphatic rings. The van der Waals surface area contributed by atoms with Gasteiger partial charge in [0.15, 0.2) is 23.0 Å². The molecule has 156 valence electrons. The zero-order valence-electron chi connectivity index (χ0n) is 16.3. The third kappa shape index (κ3) is 3.72. The molecule has 2 aromatic rings. The standard InChI is InChI=1S/C22H22N2O6/c25-21(23-15-5-7-17-19(9-15)29-11-27-17)13-1-2-14(4-3-13)22(26)24-16-6-8-18-20(10-16)30-12-28-18/h5-10,13-14H,1-4,11-12H2,(H,23,25)(H,24,26). The number of amides is 2. The monoisotopic (exact) mass is 410 g/mol. The summed E-state index contributed by atoms with van der Waals surface area (Å²) < 4.78 is 21.3. The third-order valence-corrected chi connectivity index (χ3v) is 5.75. The minimum absolute atomic E-state index is 0.0245. The topological polar surface area (TPSA) is 95.1 Å². The van der Waals surface area contributed by atoms with Crippen LogP contribution in [0.1, 0.15) is 25.7 Å². The number of benzene rings is 2. The van der Waals surface area contributed by atoms with Gasteiger partial charge in [-0.05, 0) is 49.9 Å². The van der Waals surface area contributed by atoms with E-state index in [1.54, 1.807) is 36.4 Å². The van der Waals surface area contributed by atoms with Crippen LogP contribution < -0.4 is 29.6 Å². The van der Waals surface area contributed by atoms with E-state index in [4.69, 9.17) is 18.9 Å². The SMILES string of the molecule is O=C(Nc1ccc2c(c1)OCO2)C1CCC(C(=O)Nc2ccc3c(c2)OCO3)CC1. The van der Waals surface area contributed by atoms with E-state index in [2.05, 4.69) is 10.6 Å². The Balaban J connectivity index is 1.13. The number of ether oxygens (including phenoxy) is 4. The Hall–Kier alpha value is -3.42. The van der Waals surface area contributed by atoms with Gasteiger partial charge in [-0.1, -0.05) is 0 Å². The van der Waals surface area contributed by atoms with Gasteiger partial charge in [0.2, 0.25) is 25.4 Å². The second-order valence-corrected chi connectivity index (χ2v) is 7.66. The number of carbonyl (C=O) groups is 2. The summed E-state index contributed by atoms with van der Waals surface area (Å²) in [6.45, 7) is 0.399. The van der Waals surface area contributed by atoms with Crippen molar-refractivity contribution < 1.29 is 28.5 Å². The number of nitrogens with one attached hydrogen (secondary N) is 2. The summed E-state index contributed by atoms with van der Waals surface area (Å²) in [7, 11) is 0. The molecule has 2 heterocycles. The minimum atomic E-state index is -0.106. The Morgan fingerprint density at radius 2 is 1.03 bits per heavy atom. The smallest absolute Gasteiger partial charge is 0.231 e. The molecule has 5 rings (SSSR count). The Morgan fingerprint density at radius 3 is 1.47 bits per heavy atom. The Kier molecular flexibility index (Phi) is 4.82. The van der Waals surface area contributed by atoms with Gasteiger partial charge in [0, 0.05) is 35.3 Å². The molecule has 2 aliphatic heterocycles. The molecule has 0 saturated heterocycles. The summed E-state index contributed by atoms with van der Waals surface area (Å²) in [5.41, 5.74) is 1.37. The van der Waals surface area contributed by atoms with Crippen LogP contribution in [-0.4, -0.2) is 25.4 Å². The number of fused-ring (bicyclic) bond motifs is 2. The van der Waals surface area contributed by atoms with Crippen molar-refractivity contribution in [3.8, 4) is 23.0 Å². The Labute approximate surface area is 173 Å². The lowest BCUT2D eigenvalue weighted by atomic mass is 9.81. The van der Waals surface area contributed by atoms with Gasteiger partial charge in [-0.2, -0.15) is 0 Å². The first-order valence-electron chi connectivity index (χ1n) is 10.1. The quantitative estimate of drug-likeness (QED) is 0.801. The molecular weight excluding hydrogens is 388 g/mol. The first kappa shape index (κ1) is 18.6. The van der Waals surface area contributed by atoms with Crippen molar-refractivity contribution in [2.75, 3.05) is 24.2 Å². The molecule has 0 atom stereocenters. The summed E-state index contributed by atoms with van der Waals surface area (Å²) >= 11 is 0. The summed E-state index contributed by atoms with van der Waals surface area (Å²) in [4.78, 5) is 25.3. The molecule has 0 aromatic heterocycles. The zero-order chi connectivity index (χ0) is 20.5. The number of hydrogen-bond donors (Lipinski definition) is 2. The maximum absolute atomic E-state index is 12.6. The van der Waals surface area contributed by atoms with E-state index in [1.807, 2.05) is 0 Å². The molecule has 2 N–H and O–H groups in total. The summed E-state index contributed by atoms with van der Waals surface area (Å²) in [6.07, 6.45) is 2.70. The van der Waals surface area contributed by atoms with Gasteiger partial charge in [-0.25, -0.2) is 0 Å². The van der Waals surface area contributed by atoms with E-state index >= 15 is 0 Å². The number of carbonyl (C=O) groups excluding carboxylic acids is 2. The van der Waals surface area contributed by atoms with Crippen LogP contribution in [-0.2, 0) is 9.59 Å². The summed E-state index contributed by atoms with van der Waals surface area (Å²) in [6, 6.07) is 10.7. The molecule has 0 unspecified atom stereocenters. The van der Waals surface area contributed by atoms with Gasteiger partial charge in [-0.3, -0.25) is 9.59 Å². The maximum atomic E-state index is 12.6. The zero-order valence-corrected chi connectivity index (χ0v) is 16.3. The van der Waals surface area contributed by atoms with Crippen molar-refractivity contribution in [2.24, 2.45) is 11.8 Å². The fraction of sp³-hybridized carbons (Fsp3) is 0.364. The van der Waals surface area contributed by atoms with Crippen molar-refractivity contribution in [2.45, 2.75) is 25.7 Å². The van der Waals surface area contributed by atoms with E-state index in [-0.39, 0.29) is 37.2 Å². The normalized spacial score (nSPS) is 21.2. The van der Waals surface area contributed by atoms with E-state index in [9.17, 15) is 9.59 Å². The predicted molar refractivity (Wildman–Crippen MR) is 108 cm³/mol. The van der Waals surface area contributed by atoms with Crippen LogP contribution in [0.5, 0.6) is 23.0 Å². The number of anilines is 2. The molecule has 1 aliphatic carbocycles. The first-order valence-corrected chi connectivity index (χ1v) is 10.1. The average molecular weight is 410 g/mol. The van der Waals surface area contributed by atoms with Crippen LogP contribution >= 0.6 is 0 Å². The molecular formula is C22H22N2O6. The van der Waals surface area contributed by atoms with Crippen LogP contribution in [0.3, 0.4) is 0 Å². The van der Waals surface area contributed by atoms with E-state index in [1.165, 1.54) is 0 Å². The van der Waals surface area contributed by atoms with Crippen LogP contribution in [0.15, 0.2) is 36.4 Å². The third-order valence-electron chi connectivity index (χ3n) is 5.75. The fourth-order valence-electron chi connectivity index (χ4n) is 4.06. The molecule has 2 amide bonds. The van der Waals surface area contributed by atoms with E-state index in [0.29, 0.717) is 60.1 Å². The minimum Gasteiger partial charge on any atom is -0.454 e. The molecule has 0 spiro atoms. The lowest BCUT2D eigenvalue weighted by Crippen LogP contribution is -2.32. The highest BCUT2D eigenvalue weighted by Crippen LogP contribution is 2.36. The van der Waals surface area contributed by atoms with Gasteiger partial charge in [-0.15, -0.1) is 0 Å². The molecule has 0 bridgehead atoms. The van der Waals surface area contributed by atoms with Crippen molar-refractivity contribution in [3.05, 3.63) is 36.4 Å². The highest BCUT2D eigenvalue weighted by molar-refractivity contribution is 5.95. The highest BCUT2D eigenvalue weighted by atomic mass is 16.7. The van der Waals surface area contributed by atoms with Crippen LogP contribution in [0.2, 0.25) is 0 Å². The molecule has 30 heavy (non-hydrogen) atoms. The lowest BCUT2D eigenvalue weighted by Gasteiger charge is -2.27. The van der Waals surface area contributed by atoms with Crippen molar-refractivity contribution in [3.63, 3.8) is 0 Å². The van der Waals surface area contributed by atoms with Gasteiger partial charge in [0.05, 0.1) is 0 Å². The van der Waals surface area contributed by atoms with Gasteiger partial charge in [0.25, 0.3) is 0 Å². The van der Waals surface area contributed by atoms with Gasteiger partial charge < -0.3 is 29.6 Å². The van der Waals surface area contributed by atoms with Crippen LogP contribution in [0, 0.1) is 11.8 Å². The second-order valence-electron chi connectivity index (χ2n) is 7.66. The molecule has 1 fully saturated rings. The fourth-order valence-corrected chi connectivity index (χ4v) is 4.06. The van der Waals surface area contributed by atoms with Crippen molar-refractivity contribution >= 4 is 23.2 Å². The second kappa shape index (κ2) is 7.78. The Morgan fingerprint density at radius 1 is 0.633 bits per heavy atom. The number of hydrogen-bond acceptors (Lipinski definition) is 6. The summed E-state index contributed by atoms with van der Waals surface area (Å²) in [5, 5.41) is 5.90. The predicted octanol–water partition coefficient (Wildman–Crippen LogP) is 3.53. The van der Waals surface area contributed by atoms with E-state index < -0.39 is 0 Å². The summed E-state index contributed by atoms with van der Waals surface area (Å²) in [5.74, 6) is 2.37. The first-order chi connectivity index (χ1) is 14.7. The largest absolute Gasteiger partial charge is 0.454 e. The van der Waals surface area contributed by atoms with Gasteiger partial charge in [0.1, 0.15) is 0 Å².